The lowest BCUT2D eigenvalue weighted by atomic mass is 9.85. The zero-order valence-corrected chi connectivity index (χ0v) is 21.3. The van der Waals surface area contributed by atoms with Crippen LogP contribution in [0.25, 0.3) is 11.1 Å². The quantitative estimate of drug-likeness (QED) is 0.548. The van der Waals surface area contributed by atoms with E-state index in [1.807, 2.05) is 32.0 Å². The van der Waals surface area contributed by atoms with Crippen molar-refractivity contribution < 1.29 is 14.3 Å². The van der Waals surface area contributed by atoms with Crippen LogP contribution < -0.4 is 10.1 Å². The highest BCUT2D eigenvalue weighted by molar-refractivity contribution is 6.31. The molecule has 2 aromatic carbocycles. The predicted molar refractivity (Wildman–Crippen MR) is 135 cm³/mol. The Morgan fingerprint density at radius 3 is 2.59 bits per heavy atom. The first-order chi connectivity index (χ1) is 16.2. The van der Waals surface area contributed by atoms with Crippen molar-refractivity contribution in [1.82, 2.24) is 10.2 Å². The molecule has 1 amide bonds. The maximum Gasteiger partial charge on any atom is 0.407 e. The number of carbonyl (C=O) groups excluding carboxylic acids is 1. The molecule has 2 aromatic rings. The number of rotatable bonds is 5. The first-order valence-corrected chi connectivity index (χ1v) is 12.9. The van der Waals surface area contributed by atoms with Crippen LogP contribution >= 0.6 is 11.6 Å². The van der Waals surface area contributed by atoms with Crippen LogP contribution in [-0.2, 0) is 11.2 Å². The van der Waals surface area contributed by atoms with Gasteiger partial charge in [-0.3, -0.25) is 4.90 Å². The molecule has 3 saturated heterocycles. The Bertz CT molecular complexity index is 1080. The molecule has 3 heterocycles. The first-order valence-electron chi connectivity index (χ1n) is 12.5. The van der Waals surface area contributed by atoms with Crippen LogP contribution in [0.1, 0.15) is 57.7 Å². The van der Waals surface area contributed by atoms with Crippen LogP contribution in [0, 0.1) is 11.3 Å². The van der Waals surface area contributed by atoms with Crippen LogP contribution in [-0.4, -0.2) is 42.8 Å². The summed E-state index contributed by atoms with van der Waals surface area (Å²) in [6.45, 7) is 11.6. The lowest BCUT2D eigenvalue weighted by Gasteiger charge is -2.44. The number of nitrogens with one attached hydrogen (secondary N) is 1. The van der Waals surface area contributed by atoms with Crippen molar-refractivity contribution in [1.29, 1.82) is 0 Å². The van der Waals surface area contributed by atoms with Crippen LogP contribution in [0.2, 0.25) is 5.02 Å². The van der Waals surface area contributed by atoms with Crippen molar-refractivity contribution in [2.24, 2.45) is 11.3 Å². The number of nitrogens with zero attached hydrogens (tertiary/aromatic N) is 1. The number of alkyl carbamates (subject to hydrolysis) is 1. The van der Waals surface area contributed by atoms with Gasteiger partial charge in [-0.2, -0.15) is 0 Å². The summed E-state index contributed by atoms with van der Waals surface area (Å²) in [4.78, 5) is 15.3. The summed E-state index contributed by atoms with van der Waals surface area (Å²) >= 11 is 6.33. The maximum absolute atomic E-state index is 12.9. The lowest BCUT2D eigenvalue weighted by Crippen LogP contribution is -2.53. The average molecular weight is 483 g/mol. The normalized spacial score (nSPS) is 26.9. The fraction of sp³-hybridized carbons (Fsp3) is 0.536. The molecule has 1 N–H and O–H groups in total. The summed E-state index contributed by atoms with van der Waals surface area (Å²) in [7, 11) is 0. The van der Waals surface area contributed by atoms with Crippen molar-refractivity contribution in [3.63, 3.8) is 0 Å². The van der Waals surface area contributed by atoms with Gasteiger partial charge in [-0.05, 0) is 92.4 Å². The van der Waals surface area contributed by atoms with E-state index < -0.39 is 0 Å². The molecule has 0 radical (unpaired) electrons. The Hall–Kier alpha value is -2.24. The zero-order chi connectivity index (χ0) is 24.0. The second kappa shape index (κ2) is 9.09. The molecule has 0 aromatic heterocycles. The Labute approximate surface area is 207 Å². The summed E-state index contributed by atoms with van der Waals surface area (Å²) in [5.41, 5.74) is 4.35. The molecule has 3 aliphatic heterocycles. The van der Waals surface area contributed by atoms with Crippen molar-refractivity contribution >= 4 is 17.7 Å². The summed E-state index contributed by atoms with van der Waals surface area (Å²) in [5.74, 6) is 1.33. The molecule has 0 spiro atoms. The Morgan fingerprint density at radius 2 is 1.91 bits per heavy atom. The van der Waals surface area contributed by atoms with E-state index >= 15 is 0 Å². The summed E-state index contributed by atoms with van der Waals surface area (Å²) in [6, 6.07) is 12.1. The van der Waals surface area contributed by atoms with Gasteiger partial charge in [-0.25, -0.2) is 4.79 Å². The highest BCUT2D eigenvalue weighted by Gasteiger charge is 2.42. The van der Waals surface area contributed by atoms with Crippen LogP contribution in [0.4, 0.5) is 4.79 Å². The summed E-state index contributed by atoms with van der Waals surface area (Å²) in [5, 5.41) is 3.89. The lowest BCUT2D eigenvalue weighted by molar-refractivity contribution is -0.0348. The third kappa shape index (κ3) is 4.65. The molecule has 4 aliphatic rings. The van der Waals surface area contributed by atoms with Crippen molar-refractivity contribution in [3.05, 3.63) is 52.5 Å². The minimum Gasteiger partial charge on any atom is -0.490 e. The molecule has 34 heavy (non-hydrogen) atoms. The fourth-order valence-electron chi connectivity index (χ4n) is 5.91. The van der Waals surface area contributed by atoms with Crippen LogP contribution in [0.15, 0.2) is 36.4 Å². The van der Waals surface area contributed by atoms with Gasteiger partial charge in [0.1, 0.15) is 11.9 Å². The van der Waals surface area contributed by atoms with E-state index in [-0.39, 0.29) is 29.8 Å². The van der Waals surface area contributed by atoms with E-state index in [4.69, 9.17) is 21.1 Å². The van der Waals surface area contributed by atoms with Crippen LogP contribution in [0.3, 0.4) is 0 Å². The summed E-state index contributed by atoms with van der Waals surface area (Å²) < 4.78 is 12.0. The molecule has 5 nitrogen and oxygen atoms in total. The monoisotopic (exact) mass is 482 g/mol. The molecule has 1 aliphatic carbocycles. The van der Waals surface area contributed by atoms with Gasteiger partial charge in [-0.1, -0.05) is 43.6 Å². The molecule has 1 unspecified atom stereocenters. The zero-order valence-electron chi connectivity index (χ0n) is 20.6. The van der Waals surface area contributed by atoms with Crippen molar-refractivity contribution in [3.8, 4) is 16.9 Å². The number of halogens is 1. The molecule has 2 bridgehead atoms. The third-order valence-corrected chi connectivity index (χ3v) is 7.85. The van der Waals surface area contributed by atoms with Crippen LogP contribution in [0.5, 0.6) is 5.75 Å². The first kappa shape index (κ1) is 23.5. The van der Waals surface area contributed by atoms with Gasteiger partial charge in [-0.15, -0.1) is 0 Å². The molecular formula is C28H35ClN2O3. The largest absolute Gasteiger partial charge is 0.490 e. The van der Waals surface area contributed by atoms with E-state index in [1.165, 1.54) is 5.56 Å². The predicted octanol–water partition coefficient (Wildman–Crippen LogP) is 6.24. The number of piperidine rings is 3. The van der Waals surface area contributed by atoms with E-state index in [0.29, 0.717) is 10.9 Å². The number of ether oxygens (including phenoxy) is 2. The Balaban J connectivity index is 1.36. The van der Waals surface area contributed by atoms with Gasteiger partial charge in [0.25, 0.3) is 0 Å². The molecule has 0 saturated carbocycles. The van der Waals surface area contributed by atoms with Crippen molar-refractivity contribution in [2.75, 3.05) is 19.6 Å². The topological polar surface area (TPSA) is 50.8 Å². The number of hydrogen-bond acceptors (Lipinski definition) is 4. The van der Waals surface area contributed by atoms with Gasteiger partial charge in [0.15, 0.2) is 0 Å². The SMILES string of the molecule is CC(C)Oc1ccc(Cl)cc1-c1ccc2c(c1)CC(C)(C)C2NC(=O)O[C@@H]1CN2CCC1CC2. The smallest absolute Gasteiger partial charge is 0.407 e. The maximum atomic E-state index is 12.9. The van der Waals surface area contributed by atoms with Gasteiger partial charge in [0.05, 0.1) is 12.1 Å². The molecule has 182 valence electrons. The number of benzene rings is 2. The van der Waals surface area contributed by atoms with Crippen molar-refractivity contribution in [2.45, 2.75) is 65.2 Å². The van der Waals surface area contributed by atoms with Gasteiger partial charge < -0.3 is 14.8 Å². The van der Waals surface area contributed by atoms with E-state index in [0.717, 1.165) is 61.3 Å². The number of amides is 1. The molecule has 3 fully saturated rings. The number of carbonyl (C=O) groups is 1. The second-order valence-electron chi connectivity index (χ2n) is 11.0. The minimum absolute atomic E-state index is 0.0102. The highest BCUT2D eigenvalue weighted by atomic mass is 35.5. The summed E-state index contributed by atoms with van der Waals surface area (Å²) in [6.07, 6.45) is 2.92. The Morgan fingerprint density at radius 1 is 1.15 bits per heavy atom. The number of fused-ring (bicyclic) bond motifs is 4. The number of hydrogen-bond donors (Lipinski definition) is 1. The highest BCUT2D eigenvalue weighted by Crippen LogP contribution is 2.47. The minimum atomic E-state index is -0.295. The van der Waals surface area contributed by atoms with E-state index in [9.17, 15) is 4.79 Å². The second-order valence-corrected chi connectivity index (χ2v) is 11.5. The Kier molecular flexibility index (Phi) is 6.28. The van der Waals surface area contributed by atoms with Gasteiger partial charge >= 0.3 is 6.09 Å². The fourth-order valence-corrected chi connectivity index (χ4v) is 6.09. The van der Waals surface area contributed by atoms with Gasteiger partial charge in [0.2, 0.25) is 0 Å². The molecule has 6 heteroatoms. The average Bonchev–Trinajstić information content (AvgIpc) is 3.04. The van der Waals surface area contributed by atoms with Gasteiger partial charge in [0, 0.05) is 17.1 Å². The molecule has 2 atom stereocenters. The van der Waals surface area contributed by atoms with E-state index in [2.05, 4.69) is 42.3 Å². The van der Waals surface area contributed by atoms with E-state index in [1.54, 1.807) is 0 Å². The third-order valence-electron chi connectivity index (χ3n) is 7.61. The standard InChI is InChI=1S/C28H35ClN2O3/c1-17(2)33-24-8-6-21(29)14-23(24)19-5-7-22-20(13-19)15-28(3,4)26(22)30-27(32)34-25-16-31-11-9-18(25)10-12-31/h5-8,13-14,17-18,25-26H,9-12,15-16H2,1-4H3,(H,30,32)/t25-,26?/m1/s1. The molecule has 6 rings (SSSR count). The molecular weight excluding hydrogens is 448 g/mol.